The minimum absolute atomic E-state index is 0.0923. The fourth-order valence-electron chi connectivity index (χ4n) is 1.92. The lowest BCUT2D eigenvalue weighted by Gasteiger charge is -2.11. The normalized spacial score (nSPS) is 10.5. The summed E-state index contributed by atoms with van der Waals surface area (Å²) >= 11 is 6.34. The van der Waals surface area contributed by atoms with Gasteiger partial charge in [0.25, 0.3) is 0 Å². The highest BCUT2D eigenvalue weighted by molar-refractivity contribution is 9.10. The van der Waals surface area contributed by atoms with E-state index in [1.165, 1.54) is 31.4 Å². The number of halogens is 6. The molecule has 29 heavy (non-hydrogen) atoms. The Morgan fingerprint density at radius 3 is 2.03 bits per heavy atom. The minimum Gasteiger partial charge on any atom is -0.434 e. The lowest BCUT2D eigenvalue weighted by atomic mass is 10.2. The molecule has 0 saturated carbocycles. The van der Waals surface area contributed by atoms with Gasteiger partial charge in [0.1, 0.15) is 18.3 Å². The van der Waals surface area contributed by atoms with Crippen molar-refractivity contribution >= 4 is 38.1 Å². The van der Waals surface area contributed by atoms with Gasteiger partial charge in [0.2, 0.25) is 0 Å². The van der Waals surface area contributed by atoms with Gasteiger partial charge in [-0.2, -0.15) is 17.6 Å². The number of ether oxygens (including phenoxy) is 4. The summed E-state index contributed by atoms with van der Waals surface area (Å²) in [5, 5.41) is 0. The minimum atomic E-state index is -2.92. The van der Waals surface area contributed by atoms with Crippen LogP contribution < -0.4 is 9.47 Å². The Labute approximate surface area is 181 Å². The van der Waals surface area contributed by atoms with Crippen LogP contribution in [0.25, 0.3) is 0 Å². The molecule has 0 N–H and O–H groups in total. The first-order chi connectivity index (χ1) is 13.8. The summed E-state index contributed by atoms with van der Waals surface area (Å²) in [5.74, 6) is -0.0116. The molecule has 0 atom stereocenters. The van der Waals surface area contributed by atoms with Crippen molar-refractivity contribution < 1.29 is 41.3 Å². The van der Waals surface area contributed by atoms with Gasteiger partial charge >= 0.3 is 13.2 Å². The molecule has 0 heterocycles. The Hall–Kier alpha value is -1.69. The number of rotatable bonds is 9. The first-order valence-electron chi connectivity index (χ1n) is 7.76. The van der Waals surface area contributed by atoms with E-state index < -0.39 is 13.2 Å². The molecule has 2 aromatic carbocycles. The average Bonchev–Trinajstić information content (AvgIpc) is 2.65. The predicted octanol–water partition coefficient (Wildman–Crippen LogP) is 6.03. The van der Waals surface area contributed by atoms with Gasteiger partial charge < -0.3 is 18.9 Å². The molecular weight excluding hydrogens is 532 g/mol. The maximum Gasteiger partial charge on any atom is 0.387 e. The number of benzene rings is 2. The second-order valence-electron chi connectivity index (χ2n) is 5.06. The molecule has 0 fully saturated rings. The lowest BCUT2D eigenvalue weighted by molar-refractivity contribution is -0.0567. The van der Waals surface area contributed by atoms with Crippen molar-refractivity contribution in [3.63, 3.8) is 0 Å². The largest absolute Gasteiger partial charge is 0.434 e. The second kappa shape index (κ2) is 13.5. The first kappa shape index (κ1) is 25.3. The van der Waals surface area contributed by atoms with E-state index in [1.54, 1.807) is 12.1 Å². The van der Waals surface area contributed by atoms with Gasteiger partial charge in [-0.25, -0.2) is 0 Å². The van der Waals surface area contributed by atoms with Crippen molar-refractivity contribution in [2.45, 2.75) is 19.8 Å². The molecule has 11 heteroatoms. The Morgan fingerprint density at radius 1 is 0.931 bits per heavy atom. The molecule has 0 spiro atoms. The quantitative estimate of drug-likeness (QED) is 0.166. The fourth-order valence-corrected chi connectivity index (χ4v) is 2.71. The third-order valence-electron chi connectivity index (χ3n) is 3.01. The first-order valence-corrected chi connectivity index (χ1v) is 9.34. The van der Waals surface area contributed by atoms with Crippen LogP contribution in [0.3, 0.4) is 0 Å². The van der Waals surface area contributed by atoms with Gasteiger partial charge in [-0.05, 0) is 36.4 Å². The van der Waals surface area contributed by atoms with E-state index in [0.717, 1.165) is 4.47 Å². The molecule has 2 aromatic rings. The summed E-state index contributed by atoms with van der Waals surface area (Å²) in [4.78, 5) is 10.4. The number of hydrogen-bond donors (Lipinski definition) is 0. The molecule has 0 amide bonds. The Kier molecular flexibility index (Phi) is 11.8. The molecular formula is C18H16Br2F4O5. The Bertz CT molecular complexity index is 778. The molecule has 2 rings (SSSR count). The monoisotopic (exact) mass is 546 g/mol. The highest BCUT2D eigenvalue weighted by Gasteiger charge is 2.10. The van der Waals surface area contributed by atoms with Gasteiger partial charge in [-0.15, -0.1) is 0 Å². The topological polar surface area (TPSA) is 54.0 Å². The van der Waals surface area contributed by atoms with Crippen molar-refractivity contribution in [1.82, 2.24) is 0 Å². The van der Waals surface area contributed by atoms with Crippen LogP contribution in [0.4, 0.5) is 17.6 Å². The van der Waals surface area contributed by atoms with E-state index in [0.29, 0.717) is 16.3 Å². The standard InChI is InChI=1S/C10H11BrF2O3.C8H5BrF2O2/c1-14-6-15-5-7-4-8(11)2-3-9(7)16-10(12)13;9-6-1-2-7(13-8(10)11)5(3-6)4-12/h2-4,10H,5-6H2,1H3;1-4,8H. The SMILES string of the molecule is COCOCc1cc(Br)ccc1OC(F)F.O=Cc1cc(Br)ccc1OC(F)F. The Balaban J connectivity index is 0.000000296. The van der Waals surface area contributed by atoms with Crippen LogP contribution in [0.15, 0.2) is 45.3 Å². The lowest BCUT2D eigenvalue weighted by Crippen LogP contribution is -2.06. The fraction of sp³-hybridized carbons (Fsp3) is 0.278. The second-order valence-corrected chi connectivity index (χ2v) is 6.90. The van der Waals surface area contributed by atoms with Crippen molar-refractivity contribution in [2.24, 2.45) is 0 Å². The molecule has 0 aliphatic rings. The van der Waals surface area contributed by atoms with Crippen molar-refractivity contribution in [2.75, 3.05) is 13.9 Å². The van der Waals surface area contributed by atoms with Crippen LogP contribution in [0.2, 0.25) is 0 Å². The zero-order valence-electron chi connectivity index (χ0n) is 14.9. The predicted molar refractivity (Wildman–Crippen MR) is 104 cm³/mol. The number of alkyl halides is 4. The van der Waals surface area contributed by atoms with Crippen LogP contribution >= 0.6 is 31.9 Å². The number of aldehydes is 1. The smallest absolute Gasteiger partial charge is 0.387 e. The number of methoxy groups -OCH3 is 1. The molecule has 0 unspecified atom stereocenters. The van der Waals surface area contributed by atoms with Crippen LogP contribution in [0.1, 0.15) is 15.9 Å². The van der Waals surface area contributed by atoms with Gasteiger partial charge in [0.15, 0.2) is 6.29 Å². The highest BCUT2D eigenvalue weighted by Crippen LogP contribution is 2.25. The average molecular weight is 548 g/mol. The van der Waals surface area contributed by atoms with Crippen molar-refractivity contribution in [3.8, 4) is 11.5 Å². The number of carbonyl (C=O) groups is 1. The van der Waals surface area contributed by atoms with Gasteiger partial charge in [-0.1, -0.05) is 31.9 Å². The summed E-state index contributed by atoms with van der Waals surface area (Å²) in [5.41, 5.74) is 0.626. The third kappa shape index (κ3) is 10.1. The number of carbonyl (C=O) groups excluding carboxylic acids is 1. The molecule has 160 valence electrons. The Morgan fingerprint density at radius 2 is 1.48 bits per heavy atom. The van der Waals surface area contributed by atoms with Crippen molar-refractivity contribution in [1.29, 1.82) is 0 Å². The van der Waals surface area contributed by atoms with Gasteiger partial charge in [-0.3, -0.25) is 4.79 Å². The molecule has 0 aliphatic heterocycles. The molecule has 0 aromatic heterocycles. The summed E-state index contributed by atoms with van der Waals surface area (Å²) in [6.07, 6.45) is 0.461. The van der Waals surface area contributed by atoms with E-state index in [2.05, 4.69) is 41.3 Å². The van der Waals surface area contributed by atoms with E-state index in [4.69, 9.17) is 9.47 Å². The zero-order valence-corrected chi connectivity index (χ0v) is 18.1. The number of hydrogen-bond acceptors (Lipinski definition) is 5. The van der Waals surface area contributed by atoms with Gasteiger partial charge in [0.05, 0.1) is 12.2 Å². The van der Waals surface area contributed by atoms with Gasteiger partial charge in [0, 0.05) is 21.6 Å². The molecule has 0 aliphatic carbocycles. The third-order valence-corrected chi connectivity index (χ3v) is 4.00. The van der Waals surface area contributed by atoms with E-state index in [9.17, 15) is 22.4 Å². The van der Waals surface area contributed by atoms with Crippen LogP contribution in [0, 0.1) is 0 Å². The maximum atomic E-state index is 12.1. The maximum absolute atomic E-state index is 12.1. The van der Waals surface area contributed by atoms with Crippen LogP contribution in [-0.4, -0.2) is 33.4 Å². The molecule has 0 radical (unpaired) electrons. The van der Waals surface area contributed by atoms with E-state index in [1.807, 2.05) is 0 Å². The zero-order chi connectivity index (χ0) is 21.8. The summed E-state index contributed by atoms with van der Waals surface area (Å²) in [7, 11) is 1.48. The summed E-state index contributed by atoms with van der Waals surface area (Å²) < 4.78 is 67.4. The molecule has 5 nitrogen and oxygen atoms in total. The van der Waals surface area contributed by atoms with Crippen molar-refractivity contribution in [3.05, 3.63) is 56.5 Å². The van der Waals surface area contributed by atoms with Crippen LogP contribution in [0.5, 0.6) is 11.5 Å². The van der Waals surface area contributed by atoms with E-state index in [-0.39, 0.29) is 30.5 Å². The molecule has 0 bridgehead atoms. The summed E-state index contributed by atoms with van der Waals surface area (Å²) in [6, 6.07) is 8.97. The molecule has 0 saturated heterocycles. The van der Waals surface area contributed by atoms with Crippen LogP contribution in [-0.2, 0) is 16.1 Å². The summed E-state index contributed by atoms with van der Waals surface area (Å²) in [6.45, 7) is -5.52. The highest BCUT2D eigenvalue weighted by atomic mass is 79.9. The van der Waals surface area contributed by atoms with E-state index >= 15 is 0 Å².